The van der Waals surface area contributed by atoms with Crippen molar-refractivity contribution in [3.63, 3.8) is 0 Å². The van der Waals surface area contributed by atoms with Crippen molar-refractivity contribution in [3.8, 4) is 5.75 Å². The number of nitrogens with one attached hydrogen (secondary N) is 1. The second-order valence-corrected chi connectivity index (χ2v) is 5.13. The summed E-state index contributed by atoms with van der Waals surface area (Å²) in [5, 5.41) is 2.66. The molecule has 8 nitrogen and oxygen atoms in total. The quantitative estimate of drug-likeness (QED) is 0.582. The normalized spacial score (nSPS) is 13.8. The Morgan fingerprint density at radius 1 is 1.12 bits per heavy atom. The molecule has 0 atom stereocenters. The van der Waals surface area contributed by atoms with Crippen molar-refractivity contribution in [1.29, 1.82) is 0 Å². The second-order valence-electron chi connectivity index (χ2n) is 5.13. The summed E-state index contributed by atoms with van der Waals surface area (Å²) in [5.41, 5.74) is 0.546. The molecule has 1 aromatic rings. The molecule has 2 rings (SSSR count). The molecule has 0 spiro atoms. The number of ether oxygens (including phenoxy) is 2. The van der Waals surface area contributed by atoms with E-state index in [9.17, 15) is 19.2 Å². The van der Waals surface area contributed by atoms with Crippen LogP contribution in [0.25, 0.3) is 0 Å². The van der Waals surface area contributed by atoms with Gasteiger partial charge in [0, 0.05) is 31.5 Å². The van der Waals surface area contributed by atoms with Gasteiger partial charge < -0.3 is 14.8 Å². The summed E-state index contributed by atoms with van der Waals surface area (Å²) in [4.78, 5) is 46.9. The summed E-state index contributed by atoms with van der Waals surface area (Å²) in [6.07, 6.45) is 0.471. The molecule has 1 N–H and O–H groups in total. The number of anilines is 1. The van der Waals surface area contributed by atoms with Crippen LogP contribution in [0.1, 0.15) is 19.3 Å². The predicted molar refractivity (Wildman–Crippen MR) is 83.2 cm³/mol. The minimum Gasteiger partial charge on any atom is -0.482 e. The van der Waals surface area contributed by atoms with Gasteiger partial charge in [-0.1, -0.05) is 0 Å². The summed E-state index contributed by atoms with van der Waals surface area (Å²) in [5.74, 6) is -0.796. The van der Waals surface area contributed by atoms with Gasteiger partial charge in [-0.05, 0) is 24.3 Å². The molecule has 0 bridgehead atoms. The molecule has 0 aliphatic carbocycles. The van der Waals surface area contributed by atoms with E-state index in [1.165, 1.54) is 7.11 Å². The summed E-state index contributed by atoms with van der Waals surface area (Å²) in [6, 6.07) is 6.45. The highest BCUT2D eigenvalue weighted by Crippen LogP contribution is 2.16. The molecule has 0 saturated carbocycles. The summed E-state index contributed by atoms with van der Waals surface area (Å²) in [6.45, 7) is -0.107. The molecular formula is C16H18N2O6. The fraction of sp³-hybridized carbons (Fsp3) is 0.375. The van der Waals surface area contributed by atoms with E-state index >= 15 is 0 Å². The molecule has 24 heavy (non-hydrogen) atoms. The van der Waals surface area contributed by atoms with E-state index in [0.29, 0.717) is 11.4 Å². The third kappa shape index (κ3) is 4.80. The maximum absolute atomic E-state index is 11.9. The van der Waals surface area contributed by atoms with Crippen LogP contribution in [-0.4, -0.2) is 48.9 Å². The van der Waals surface area contributed by atoms with Crippen LogP contribution in [0, 0.1) is 0 Å². The lowest BCUT2D eigenvalue weighted by molar-refractivity contribution is -0.143. The number of benzene rings is 1. The second kappa shape index (κ2) is 8.09. The standard InChI is InChI=1S/C16H18N2O6/c1-23-16(22)10-24-12-4-2-11(3-5-12)17-13(19)8-9-18-14(20)6-7-15(18)21/h2-5H,6-10H2,1H3,(H,17,19). The molecule has 1 fully saturated rings. The SMILES string of the molecule is COC(=O)COc1ccc(NC(=O)CCN2C(=O)CCC2=O)cc1. The topological polar surface area (TPSA) is 102 Å². The molecule has 0 radical (unpaired) electrons. The van der Waals surface area contributed by atoms with Gasteiger partial charge in [0.15, 0.2) is 6.61 Å². The lowest BCUT2D eigenvalue weighted by atomic mass is 10.3. The zero-order valence-electron chi connectivity index (χ0n) is 13.2. The Hall–Kier alpha value is -2.90. The first-order chi connectivity index (χ1) is 11.5. The smallest absolute Gasteiger partial charge is 0.343 e. The highest BCUT2D eigenvalue weighted by molar-refractivity contribution is 6.02. The van der Waals surface area contributed by atoms with Crippen molar-refractivity contribution < 1.29 is 28.7 Å². The van der Waals surface area contributed by atoms with Gasteiger partial charge in [0.25, 0.3) is 0 Å². The minimum atomic E-state index is -0.488. The molecule has 8 heteroatoms. The third-order valence-corrected chi connectivity index (χ3v) is 3.44. The fourth-order valence-electron chi connectivity index (χ4n) is 2.14. The van der Waals surface area contributed by atoms with Crippen LogP contribution in [0.4, 0.5) is 5.69 Å². The van der Waals surface area contributed by atoms with Gasteiger partial charge in [-0.15, -0.1) is 0 Å². The summed E-state index contributed by atoms with van der Waals surface area (Å²) < 4.78 is 9.65. The number of nitrogens with zero attached hydrogens (tertiary/aromatic N) is 1. The monoisotopic (exact) mass is 334 g/mol. The number of hydrogen-bond donors (Lipinski definition) is 1. The molecule has 1 saturated heterocycles. The number of esters is 1. The van der Waals surface area contributed by atoms with Crippen molar-refractivity contribution in [2.75, 3.05) is 25.6 Å². The van der Waals surface area contributed by atoms with E-state index in [-0.39, 0.29) is 50.1 Å². The number of carbonyl (C=O) groups excluding carboxylic acids is 4. The number of methoxy groups -OCH3 is 1. The lowest BCUT2D eigenvalue weighted by Gasteiger charge is -2.13. The minimum absolute atomic E-state index is 0.0398. The maximum Gasteiger partial charge on any atom is 0.343 e. The van der Waals surface area contributed by atoms with E-state index in [4.69, 9.17) is 4.74 Å². The van der Waals surface area contributed by atoms with Crippen molar-refractivity contribution in [2.24, 2.45) is 0 Å². The van der Waals surface area contributed by atoms with Gasteiger partial charge in [-0.2, -0.15) is 0 Å². The number of amides is 3. The molecule has 0 aromatic heterocycles. The molecule has 1 aliphatic heterocycles. The molecule has 128 valence electrons. The number of hydrogen-bond acceptors (Lipinski definition) is 6. The first kappa shape index (κ1) is 17.5. The number of carbonyl (C=O) groups is 4. The Bertz CT molecular complexity index is 624. The molecule has 1 aromatic carbocycles. The van der Waals surface area contributed by atoms with E-state index < -0.39 is 5.97 Å². The van der Waals surface area contributed by atoms with E-state index in [0.717, 1.165) is 4.90 Å². The molecule has 1 aliphatic rings. The van der Waals surface area contributed by atoms with Crippen molar-refractivity contribution in [2.45, 2.75) is 19.3 Å². The van der Waals surface area contributed by atoms with Crippen LogP contribution in [0.5, 0.6) is 5.75 Å². The van der Waals surface area contributed by atoms with Crippen LogP contribution in [0.2, 0.25) is 0 Å². The zero-order valence-corrected chi connectivity index (χ0v) is 13.2. The van der Waals surface area contributed by atoms with Gasteiger partial charge in [-0.3, -0.25) is 19.3 Å². The van der Waals surface area contributed by atoms with Crippen LogP contribution in [0.3, 0.4) is 0 Å². The number of rotatable bonds is 7. The maximum atomic E-state index is 11.9. The van der Waals surface area contributed by atoms with Crippen molar-refractivity contribution in [3.05, 3.63) is 24.3 Å². The Morgan fingerprint density at radius 3 is 2.33 bits per heavy atom. The lowest BCUT2D eigenvalue weighted by Crippen LogP contribution is -2.32. The fourth-order valence-corrected chi connectivity index (χ4v) is 2.14. The highest BCUT2D eigenvalue weighted by Gasteiger charge is 2.28. The molecule has 1 heterocycles. The van der Waals surface area contributed by atoms with Crippen molar-refractivity contribution >= 4 is 29.4 Å². The van der Waals surface area contributed by atoms with E-state index in [1.807, 2.05) is 0 Å². The Morgan fingerprint density at radius 2 is 1.75 bits per heavy atom. The Balaban J connectivity index is 1.78. The zero-order chi connectivity index (χ0) is 17.5. The van der Waals surface area contributed by atoms with Gasteiger partial charge in [0.2, 0.25) is 17.7 Å². The Kier molecular flexibility index (Phi) is 5.89. The van der Waals surface area contributed by atoms with E-state index in [1.54, 1.807) is 24.3 Å². The van der Waals surface area contributed by atoms with Crippen molar-refractivity contribution in [1.82, 2.24) is 4.90 Å². The Labute approximate surface area is 138 Å². The highest BCUT2D eigenvalue weighted by atomic mass is 16.6. The first-order valence-electron chi connectivity index (χ1n) is 7.42. The summed E-state index contributed by atoms with van der Waals surface area (Å²) >= 11 is 0. The summed E-state index contributed by atoms with van der Waals surface area (Å²) in [7, 11) is 1.27. The van der Waals surface area contributed by atoms with Crippen LogP contribution in [0.15, 0.2) is 24.3 Å². The molecule has 0 unspecified atom stereocenters. The van der Waals surface area contributed by atoms with Gasteiger partial charge >= 0.3 is 5.97 Å². The molecule has 3 amide bonds. The van der Waals surface area contributed by atoms with Gasteiger partial charge in [0.1, 0.15) is 5.75 Å². The van der Waals surface area contributed by atoms with Crippen LogP contribution in [-0.2, 0) is 23.9 Å². The first-order valence-corrected chi connectivity index (χ1v) is 7.42. The van der Waals surface area contributed by atoms with E-state index in [2.05, 4.69) is 10.1 Å². The predicted octanol–water partition coefficient (Wildman–Crippen LogP) is 0.716. The number of imide groups is 1. The molecular weight excluding hydrogens is 316 g/mol. The van der Waals surface area contributed by atoms with Crippen LogP contribution >= 0.6 is 0 Å². The third-order valence-electron chi connectivity index (χ3n) is 3.44. The average molecular weight is 334 g/mol. The number of likely N-dealkylation sites (tertiary alicyclic amines) is 1. The average Bonchev–Trinajstić information content (AvgIpc) is 2.90. The van der Waals surface area contributed by atoms with Gasteiger partial charge in [-0.25, -0.2) is 4.79 Å². The largest absolute Gasteiger partial charge is 0.482 e. The van der Waals surface area contributed by atoms with Gasteiger partial charge in [0.05, 0.1) is 7.11 Å². The van der Waals surface area contributed by atoms with Crippen LogP contribution < -0.4 is 10.1 Å².